The Morgan fingerprint density at radius 2 is 2.05 bits per heavy atom. The number of benzene rings is 1. The van der Waals surface area contributed by atoms with Crippen LogP contribution in [0.2, 0.25) is 0 Å². The van der Waals surface area contributed by atoms with Gasteiger partial charge >= 0.3 is 0 Å². The minimum Gasteiger partial charge on any atom is -0.347 e. The van der Waals surface area contributed by atoms with Crippen LogP contribution in [0.3, 0.4) is 0 Å². The first-order valence-corrected chi connectivity index (χ1v) is 9.11. The maximum absolute atomic E-state index is 12.7. The van der Waals surface area contributed by atoms with Crippen molar-refractivity contribution in [2.45, 2.75) is 50.1 Å². The number of thiophene rings is 1. The topological polar surface area (TPSA) is 55.1 Å². The summed E-state index contributed by atoms with van der Waals surface area (Å²) in [5.74, 6) is 0.589. The summed E-state index contributed by atoms with van der Waals surface area (Å²) in [5, 5.41) is 6.54. The predicted octanol–water partition coefficient (Wildman–Crippen LogP) is 3.68. The second kappa shape index (κ2) is 5.36. The van der Waals surface area contributed by atoms with Gasteiger partial charge in [-0.15, -0.1) is 11.3 Å². The van der Waals surface area contributed by atoms with Crippen LogP contribution in [0.1, 0.15) is 48.9 Å². The fourth-order valence-electron chi connectivity index (χ4n) is 3.80. The van der Waals surface area contributed by atoms with Gasteiger partial charge in [-0.3, -0.25) is 4.79 Å². The normalized spacial score (nSPS) is 21.9. The predicted molar refractivity (Wildman–Crippen MR) is 91.2 cm³/mol. The van der Waals surface area contributed by atoms with E-state index in [1.165, 1.54) is 35.8 Å². The van der Waals surface area contributed by atoms with Crippen molar-refractivity contribution in [3.8, 4) is 0 Å². The molecule has 2 aliphatic rings. The van der Waals surface area contributed by atoms with Gasteiger partial charge in [0.2, 0.25) is 0 Å². The second-order valence-electron chi connectivity index (χ2n) is 6.90. The maximum atomic E-state index is 12.7. The molecule has 0 spiro atoms. The Kier molecular flexibility index (Phi) is 3.46. The molecule has 22 heavy (non-hydrogen) atoms. The average molecular weight is 314 g/mol. The first kappa shape index (κ1) is 14.2. The van der Waals surface area contributed by atoms with Gasteiger partial charge in [-0.1, -0.05) is 18.9 Å². The van der Waals surface area contributed by atoms with Crippen molar-refractivity contribution < 1.29 is 4.79 Å². The molecule has 0 saturated heterocycles. The standard InChI is InChI=1S/C18H22N2OS/c19-18(8-9-18)16(13-3-1-2-4-13)20-17(21)14-6-5-12-7-10-22-15(12)11-14/h5-7,10-11,13,16H,1-4,8-9,19H2,(H,20,21). The molecule has 3 N–H and O–H groups in total. The van der Waals surface area contributed by atoms with E-state index in [-0.39, 0.29) is 17.5 Å². The highest BCUT2D eigenvalue weighted by Gasteiger charge is 2.49. The lowest BCUT2D eigenvalue weighted by Crippen LogP contribution is -2.53. The Hall–Kier alpha value is -1.39. The van der Waals surface area contributed by atoms with Gasteiger partial charge in [-0.25, -0.2) is 0 Å². The van der Waals surface area contributed by atoms with Gasteiger partial charge in [0.1, 0.15) is 0 Å². The van der Waals surface area contributed by atoms with Crippen molar-refractivity contribution in [1.82, 2.24) is 5.32 Å². The molecule has 2 saturated carbocycles. The van der Waals surface area contributed by atoms with Crippen molar-refractivity contribution in [3.05, 3.63) is 35.2 Å². The molecule has 1 amide bonds. The number of rotatable bonds is 4. The third-order valence-corrected chi connectivity index (χ3v) is 6.20. The number of nitrogens with two attached hydrogens (primary N) is 1. The first-order valence-electron chi connectivity index (χ1n) is 8.23. The van der Waals surface area contributed by atoms with E-state index in [1.54, 1.807) is 11.3 Å². The molecule has 4 rings (SSSR count). The molecule has 0 radical (unpaired) electrons. The Morgan fingerprint density at radius 1 is 1.27 bits per heavy atom. The number of amides is 1. The molecule has 0 aliphatic heterocycles. The fourth-order valence-corrected chi connectivity index (χ4v) is 4.63. The van der Waals surface area contributed by atoms with Gasteiger partial charge in [-0.05, 0) is 60.6 Å². The first-order chi connectivity index (χ1) is 10.7. The lowest BCUT2D eigenvalue weighted by Gasteiger charge is -2.30. The lowest BCUT2D eigenvalue weighted by molar-refractivity contribution is 0.0908. The minimum absolute atomic E-state index is 0.0314. The number of hydrogen-bond donors (Lipinski definition) is 2. The van der Waals surface area contributed by atoms with E-state index in [9.17, 15) is 4.79 Å². The Morgan fingerprint density at radius 3 is 2.77 bits per heavy atom. The quantitative estimate of drug-likeness (QED) is 0.904. The second-order valence-corrected chi connectivity index (χ2v) is 7.85. The largest absolute Gasteiger partial charge is 0.347 e. The van der Waals surface area contributed by atoms with E-state index < -0.39 is 0 Å². The van der Waals surface area contributed by atoms with Crippen LogP contribution in [0.5, 0.6) is 0 Å². The summed E-state index contributed by atoms with van der Waals surface area (Å²) >= 11 is 1.68. The van der Waals surface area contributed by atoms with Gasteiger partial charge in [0.25, 0.3) is 5.91 Å². The molecule has 116 valence electrons. The Balaban J connectivity index is 1.55. The van der Waals surface area contributed by atoms with Crippen LogP contribution in [0.4, 0.5) is 0 Å². The van der Waals surface area contributed by atoms with Gasteiger partial charge in [0.15, 0.2) is 0 Å². The Labute approximate surface area is 134 Å². The highest BCUT2D eigenvalue weighted by Crippen LogP contribution is 2.43. The van der Waals surface area contributed by atoms with Crippen molar-refractivity contribution in [2.75, 3.05) is 0 Å². The molecule has 1 unspecified atom stereocenters. The van der Waals surface area contributed by atoms with Crippen molar-refractivity contribution in [2.24, 2.45) is 11.7 Å². The molecular formula is C18H22N2OS. The van der Waals surface area contributed by atoms with Crippen LogP contribution in [0.15, 0.2) is 29.6 Å². The molecule has 2 fully saturated rings. The average Bonchev–Trinajstić information content (AvgIpc) is 2.99. The summed E-state index contributed by atoms with van der Waals surface area (Å²) in [5.41, 5.74) is 7.06. The number of nitrogens with one attached hydrogen (secondary N) is 1. The lowest BCUT2D eigenvalue weighted by atomic mass is 9.90. The van der Waals surface area contributed by atoms with Gasteiger partial charge in [0.05, 0.1) is 0 Å². The van der Waals surface area contributed by atoms with Crippen LogP contribution < -0.4 is 11.1 Å². The van der Waals surface area contributed by atoms with Gasteiger partial charge in [0, 0.05) is 21.8 Å². The number of carbonyl (C=O) groups excluding carboxylic acids is 1. The van der Waals surface area contributed by atoms with Crippen molar-refractivity contribution in [1.29, 1.82) is 0 Å². The van der Waals surface area contributed by atoms with E-state index in [2.05, 4.69) is 16.8 Å². The molecule has 4 heteroatoms. The van der Waals surface area contributed by atoms with Crippen molar-refractivity contribution in [3.63, 3.8) is 0 Å². The SMILES string of the molecule is NC1(C(NC(=O)c2ccc3ccsc3c2)C2CCCC2)CC1. The molecule has 2 aromatic rings. The van der Waals surface area contributed by atoms with Crippen LogP contribution in [-0.4, -0.2) is 17.5 Å². The van der Waals surface area contributed by atoms with Crippen molar-refractivity contribution >= 4 is 27.3 Å². The van der Waals surface area contributed by atoms with E-state index in [0.29, 0.717) is 5.92 Å². The third kappa shape index (κ3) is 2.55. The number of hydrogen-bond acceptors (Lipinski definition) is 3. The van der Waals surface area contributed by atoms with Crippen LogP contribution in [0, 0.1) is 5.92 Å². The fraction of sp³-hybridized carbons (Fsp3) is 0.500. The summed E-state index contributed by atoms with van der Waals surface area (Å²) in [6.45, 7) is 0. The molecule has 3 nitrogen and oxygen atoms in total. The van der Waals surface area contributed by atoms with E-state index >= 15 is 0 Å². The maximum Gasteiger partial charge on any atom is 0.251 e. The van der Waals surface area contributed by atoms with Crippen LogP contribution in [-0.2, 0) is 0 Å². The molecule has 0 bridgehead atoms. The number of carbonyl (C=O) groups is 1. The molecule has 1 aromatic carbocycles. The molecule has 1 atom stereocenters. The number of fused-ring (bicyclic) bond motifs is 1. The Bertz CT molecular complexity index is 698. The molecule has 2 aliphatic carbocycles. The van der Waals surface area contributed by atoms with Gasteiger partial charge in [-0.2, -0.15) is 0 Å². The summed E-state index contributed by atoms with van der Waals surface area (Å²) < 4.78 is 1.17. The van der Waals surface area contributed by atoms with E-state index in [1.807, 2.05) is 18.2 Å². The highest BCUT2D eigenvalue weighted by molar-refractivity contribution is 7.17. The van der Waals surface area contributed by atoms with Gasteiger partial charge < -0.3 is 11.1 Å². The summed E-state index contributed by atoms with van der Waals surface area (Å²) in [7, 11) is 0. The summed E-state index contributed by atoms with van der Waals surface area (Å²) in [4.78, 5) is 12.7. The zero-order valence-corrected chi connectivity index (χ0v) is 13.5. The smallest absolute Gasteiger partial charge is 0.251 e. The van der Waals surface area contributed by atoms with E-state index in [4.69, 9.17) is 5.73 Å². The minimum atomic E-state index is -0.155. The molecular weight excluding hydrogens is 292 g/mol. The highest BCUT2D eigenvalue weighted by atomic mass is 32.1. The zero-order chi connectivity index (χ0) is 15.2. The zero-order valence-electron chi connectivity index (χ0n) is 12.7. The molecule has 1 aromatic heterocycles. The van der Waals surface area contributed by atoms with E-state index in [0.717, 1.165) is 18.4 Å². The molecule has 1 heterocycles. The monoisotopic (exact) mass is 314 g/mol. The summed E-state index contributed by atoms with van der Waals surface area (Å²) in [6, 6.07) is 8.17. The van der Waals surface area contributed by atoms with Crippen LogP contribution >= 0.6 is 11.3 Å². The third-order valence-electron chi connectivity index (χ3n) is 5.32. The summed E-state index contributed by atoms with van der Waals surface area (Å²) in [6.07, 6.45) is 7.03. The van der Waals surface area contributed by atoms with Crippen LogP contribution in [0.25, 0.3) is 10.1 Å².